The number of carbonyl (C=O) groups is 2. The predicted octanol–water partition coefficient (Wildman–Crippen LogP) is 4.76. The minimum absolute atomic E-state index is 0.0672. The molecule has 0 bridgehead atoms. The van der Waals surface area contributed by atoms with Crippen molar-refractivity contribution in [1.82, 2.24) is 10.6 Å². The number of rotatable bonds is 9. The van der Waals surface area contributed by atoms with Gasteiger partial charge in [-0.2, -0.15) is 5.26 Å². The molecular weight excluding hydrogens is 516 g/mol. The lowest BCUT2D eigenvalue weighted by Crippen LogP contribution is -2.37. The molecule has 2 aromatic carbocycles. The molecule has 1 aliphatic heterocycles. The Morgan fingerprint density at radius 3 is 2.67 bits per heavy atom. The second kappa shape index (κ2) is 11.7. The average Bonchev–Trinajstić information content (AvgIpc) is 2.90. The number of dihydropyridines is 1. The first-order valence-electron chi connectivity index (χ1n) is 12.6. The molecule has 4 rings (SSSR count). The highest BCUT2D eigenvalue weighted by Gasteiger charge is 2.42. The second-order valence-electron chi connectivity index (χ2n) is 10.3. The molecule has 39 heavy (non-hydrogen) atoms. The summed E-state index contributed by atoms with van der Waals surface area (Å²) in [5, 5.41) is 28.3. The third kappa shape index (κ3) is 6.49. The van der Waals surface area contributed by atoms with Crippen LogP contribution in [0.5, 0.6) is 5.75 Å². The minimum atomic E-state index is -0.740. The van der Waals surface area contributed by atoms with Gasteiger partial charge in [-0.1, -0.05) is 49.9 Å². The summed E-state index contributed by atoms with van der Waals surface area (Å²) < 4.78 is 5.16. The highest BCUT2D eigenvalue weighted by atomic mass is 32.2. The first-order valence-corrected chi connectivity index (χ1v) is 13.5. The SMILES string of the molecule is COc1ccc(CCNC(=O)CSC2=C(C#N)C(c3cccc([N+](=O)[O-])c3)C3=C(CC(C)(C)CC3=O)N2)cc1. The topological polar surface area (TPSA) is 134 Å². The third-order valence-corrected chi connectivity index (χ3v) is 7.80. The number of Topliss-reactive ketones (excluding diaryl/α,β-unsaturated/α-hetero) is 1. The molecule has 9 nitrogen and oxygen atoms in total. The van der Waals surface area contributed by atoms with Crippen LogP contribution in [0.15, 0.2) is 70.4 Å². The van der Waals surface area contributed by atoms with Crippen LogP contribution in [0.1, 0.15) is 43.7 Å². The molecule has 0 spiro atoms. The van der Waals surface area contributed by atoms with Gasteiger partial charge in [0.15, 0.2) is 5.78 Å². The van der Waals surface area contributed by atoms with Crippen LogP contribution in [0, 0.1) is 26.9 Å². The van der Waals surface area contributed by atoms with Crippen molar-refractivity contribution in [2.75, 3.05) is 19.4 Å². The smallest absolute Gasteiger partial charge is 0.269 e. The summed E-state index contributed by atoms with van der Waals surface area (Å²) in [6, 6.07) is 15.9. The van der Waals surface area contributed by atoms with Crippen LogP contribution in [0.3, 0.4) is 0 Å². The summed E-state index contributed by atoms with van der Waals surface area (Å²) in [5.41, 5.74) is 2.63. The van der Waals surface area contributed by atoms with Crippen molar-refractivity contribution in [3.8, 4) is 11.8 Å². The molecule has 1 atom stereocenters. The van der Waals surface area contributed by atoms with Crippen molar-refractivity contribution < 1.29 is 19.2 Å². The molecule has 2 N–H and O–H groups in total. The van der Waals surface area contributed by atoms with Crippen molar-refractivity contribution in [2.45, 2.75) is 39.0 Å². The molecule has 1 amide bonds. The number of carbonyl (C=O) groups excluding carboxylic acids is 2. The lowest BCUT2D eigenvalue weighted by atomic mass is 9.69. The Morgan fingerprint density at radius 1 is 1.26 bits per heavy atom. The van der Waals surface area contributed by atoms with Gasteiger partial charge in [0.05, 0.1) is 40.4 Å². The Morgan fingerprint density at radius 2 is 2.00 bits per heavy atom. The van der Waals surface area contributed by atoms with Gasteiger partial charge in [0, 0.05) is 36.4 Å². The van der Waals surface area contributed by atoms with E-state index in [1.807, 2.05) is 38.1 Å². The summed E-state index contributed by atoms with van der Waals surface area (Å²) in [4.78, 5) is 36.9. The minimum Gasteiger partial charge on any atom is -0.497 e. The number of hydrogen-bond donors (Lipinski definition) is 2. The zero-order valence-electron chi connectivity index (χ0n) is 22.1. The number of nitrogens with zero attached hydrogens (tertiary/aromatic N) is 2. The Balaban J connectivity index is 1.54. The predicted molar refractivity (Wildman–Crippen MR) is 149 cm³/mol. The van der Waals surface area contributed by atoms with Crippen LogP contribution >= 0.6 is 11.8 Å². The van der Waals surface area contributed by atoms with E-state index in [1.54, 1.807) is 19.2 Å². The highest BCUT2D eigenvalue weighted by Crippen LogP contribution is 2.48. The van der Waals surface area contributed by atoms with Crippen LogP contribution < -0.4 is 15.4 Å². The molecule has 1 heterocycles. The van der Waals surface area contributed by atoms with Crippen molar-refractivity contribution in [2.24, 2.45) is 5.41 Å². The number of non-ortho nitro benzene ring substituents is 1. The zero-order chi connectivity index (χ0) is 28.2. The van der Waals surface area contributed by atoms with Crippen LogP contribution in [0.25, 0.3) is 0 Å². The number of allylic oxidation sites excluding steroid dienone is 3. The normalized spacial score (nSPS) is 18.1. The van der Waals surface area contributed by atoms with Gasteiger partial charge in [-0.3, -0.25) is 19.7 Å². The lowest BCUT2D eigenvalue weighted by molar-refractivity contribution is -0.384. The molecule has 202 valence electrons. The van der Waals surface area contributed by atoms with Crippen molar-refractivity contribution in [3.63, 3.8) is 0 Å². The number of ketones is 1. The molecule has 2 aliphatic rings. The van der Waals surface area contributed by atoms with Gasteiger partial charge in [-0.05, 0) is 41.5 Å². The van der Waals surface area contributed by atoms with Crippen LogP contribution in [0.4, 0.5) is 5.69 Å². The van der Waals surface area contributed by atoms with Gasteiger partial charge in [0.2, 0.25) is 5.91 Å². The first-order chi connectivity index (χ1) is 18.6. The lowest BCUT2D eigenvalue weighted by Gasteiger charge is -2.39. The van der Waals surface area contributed by atoms with Crippen LogP contribution in [0.2, 0.25) is 0 Å². The number of nitriles is 1. The van der Waals surface area contributed by atoms with Gasteiger partial charge in [-0.25, -0.2) is 0 Å². The van der Waals surface area contributed by atoms with Crippen molar-refractivity contribution in [3.05, 3.63) is 91.6 Å². The van der Waals surface area contributed by atoms with Gasteiger partial charge < -0.3 is 15.4 Å². The molecule has 10 heteroatoms. The molecule has 0 radical (unpaired) electrons. The van der Waals surface area contributed by atoms with E-state index in [2.05, 4.69) is 16.7 Å². The zero-order valence-corrected chi connectivity index (χ0v) is 22.9. The maximum Gasteiger partial charge on any atom is 0.269 e. The van der Waals surface area contributed by atoms with E-state index in [0.717, 1.165) is 11.3 Å². The third-order valence-electron chi connectivity index (χ3n) is 6.78. The number of nitro benzene ring substituents is 1. The second-order valence-corrected chi connectivity index (χ2v) is 11.3. The fraction of sp³-hybridized carbons (Fsp3) is 0.345. The monoisotopic (exact) mass is 546 g/mol. The van der Waals surface area contributed by atoms with E-state index in [0.29, 0.717) is 47.7 Å². The maximum atomic E-state index is 13.3. The van der Waals surface area contributed by atoms with Gasteiger partial charge >= 0.3 is 0 Å². The summed E-state index contributed by atoms with van der Waals surface area (Å²) >= 11 is 1.19. The van der Waals surface area contributed by atoms with Gasteiger partial charge in [-0.15, -0.1) is 0 Å². The Bertz CT molecular complexity index is 1410. The van der Waals surface area contributed by atoms with E-state index in [4.69, 9.17) is 4.74 Å². The Kier molecular flexibility index (Phi) is 8.41. The molecule has 0 saturated heterocycles. The van der Waals surface area contributed by atoms with Gasteiger partial charge in [0.1, 0.15) is 5.75 Å². The van der Waals surface area contributed by atoms with E-state index >= 15 is 0 Å². The summed E-state index contributed by atoms with van der Waals surface area (Å²) in [5.74, 6) is -0.177. The quantitative estimate of drug-likeness (QED) is 0.340. The van der Waals surface area contributed by atoms with Gasteiger partial charge in [0.25, 0.3) is 5.69 Å². The molecule has 0 aromatic heterocycles. The van der Waals surface area contributed by atoms with E-state index in [1.165, 1.54) is 23.9 Å². The number of nitrogens with one attached hydrogen (secondary N) is 2. The van der Waals surface area contributed by atoms with Crippen molar-refractivity contribution >= 4 is 29.1 Å². The molecule has 1 aliphatic carbocycles. The average molecular weight is 547 g/mol. The molecule has 1 unspecified atom stereocenters. The largest absolute Gasteiger partial charge is 0.497 e. The maximum absolute atomic E-state index is 13.3. The fourth-order valence-corrected chi connectivity index (χ4v) is 5.86. The summed E-state index contributed by atoms with van der Waals surface area (Å²) in [6.07, 6.45) is 1.56. The molecule has 0 saturated carbocycles. The van der Waals surface area contributed by atoms with Crippen LogP contribution in [-0.2, 0) is 16.0 Å². The molecular formula is C29H30N4O5S. The van der Waals surface area contributed by atoms with E-state index in [-0.39, 0.29) is 34.1 Å². The number of hydrogen-bond acceptors (Lipinski definition) is 8. The number of methoxy groups -OCH3 is 1. The molecule has 2 aromatic rings. The van der Waals surface area contributed by atoms with E-state index in [9.17, 15) is 25.0 Å². The standard InChI is InChI=1S/C29H30N4O5S/c1-29(2)14-23-27(24(34)15-29)26(19-5-4-6-20(13-19)33(36)37)22(16-30)28(32-23)39-17-25(35)31-12-11-18-7-9-21(38-3)10-8-18/h4-10,13,26,32H,11-12,14-15,17H2,1-3H3,(H,31,35). The fourth-order valence-electron chi connectivity index (χ4n) is 4.97. The number of thioether (sulfide) groups is 1. The van der Waals surface area contributed by atoms with Crippen molar-refractivity contribution in [1.29, 1.82) is 5.26 Å². The summed E-state index contributed by atoms with van der Waals surface area (Å²) in [7, 11) is 1.61. The number of amides is 1. The number of nitro groups is 1. The Hall–Kier alpha value is -4.10. The van der Waals surface area contributed by atoms with Crippen LogP contribution in [-0.4, -0.2) is 36.0 Å². The molecule has 0 fully saturated rings. The highest BCUT2D eigenvalue weighted by molar-refractivity contribution is 8.03. The Labute approximate surface area is 231 Å². The first kappa shape index (κ1) is 27.9. The summed E-state index contributed by atoms with van der Waals surface area (Å²) in [6.45, 7) is 4.47. The van der Waals surface area contributed by atoms with E-state index < -0.39 is 10.8 Å². The number of benzene rings is 2. The number of ether oxygens (including phenoxy) is 1.